The van der Waals surface area contributed by atoms with Gasteiger partial charge in [0.15, 0.2) is 0 Å². The third-order valence-corrected chi connectivity index (χ3v) is 7.64. The first-order chi connectivity index (χ1) is 19.4. The van der Waals surface area contributed by atoms with Gasteiger partial charge in [0.1, 0.15) is 11.5 Å². The zero-order valence-corrected chi connectivity index (χ0v) is 23.0. The van der Waals surface area contributed by atoms with Crippen LogP contribution in [0.1, 0.15) is 24.0 Å². The van der Waals surface area contributed by atoms with Crippen LogP contribution in [0.2, 0.25) is 0 Å². The highest BCUT2D eigenvalue weighted by atomic mass is 16.5. The molecule has 1 N–H and O–H groups in total. The number of hydrogen-bond donors (Lipinski definition) is 1. The maximum atomic E-state index is 13.1. The summed E-state index contributed by atoms with van der Waals surface area (Å²) in [5, 5.41) is 3.06. The summed E-state index contributed by atoms with van der Waals surface area (Å²) in [5.41, 5.74) is 1.94. The Bertz CT molecular complexity index is 1200. The second-order valence-electron chi connectivity index (χ2n) is 10.7. The lowest BCUT2D eigenvalue weighted by Crippen LogP contribution is -2.59. The number of nitrogens with zero attached hydrogens (tertiary/aromatic N) is 3. The minimum Gasteiger partial charge on any atom is -0.457 e. The topological polar surface area (TPSA) is 101 Å². The van der Waals surface area contributed by atoms with E-state index in [2.05, 4.69) is 10.2 Å². The van der Waals surface area contributed by atoms with Crippen LogP contribution in [0.15, 0.2) is 48.5 Å². The van der Waals surface area contributed by atoms with E-state index in [1.807, 2.05) is 53.4 Å². The van der Waals surface area contributed by atoms with Gasteiger partial charge in [0.05, 0.1) is 45.1 Å². The van der Waals surface area contributed by atoms with Crippen LogP contribution in [0.25, 0.3) is 0 Å². The molecule has 214 valence electrons. The van der Waals surface area contributed by atoms with Gasteiger partial charge in [0, 0.05) is 39.6 Å². The Hall–Kier alpha value is -3.47. The molecule has 2 atom stereocenters. The van der Waals surface area contributed by atoms with E-state index in [4.69, 9.17) is 14.2 Å². The highest BCUT2D eigenvalue weighted by Crippen LogP contribution is 2.25. The lowest BCUT2D eigenvalue weighted by atomic mass is 10.0. The van der Waals surface area contributed by atoms with Gasteiger partial charge >= 0.3 is 0 Å². The van der Waals surface area contributed by atoms with Gasteiger partial charge in [-0.15, -0.1) is 0 Å². The molecule has 2 aromatic carbocycles. The molecule has 3 heterocycles. The normalized spacial score (nSPS) is 23.3. The standard InChI is InChI=1S/C30H38N4O6/c1-32-19-28(35)31-26-18-34(30(37)20-33-12-14-38-15-13-33)11-10-27(26)39-21-23-5-3-7-25(17-23)40-24-6-2-4-22(16-24)8-9-29(32)36/h2-7,16-17,26-27H,8-15,18-21H2,1H3,(H,31,35)/t26-,27+/m0/s1. The van der Waals surface area contributed by atoms with Gasteiger partial charge in [-0.3, -0.25) is 19.3 Å². The van der Waals surface area contributed by atoms with E-state index in [1.54, 1.807) is 7.05 Å². The van der Waals surface area contributed by atoms with E-state index >= 15 is 0 Å². The van der Waals surface area contributed by atoms with Crippen molar-refractivity contribution in [1.82, 2.24) is 20.0 Å². The number of likely N-dealkylation sites (N-methyl/N-ethyl adjacent to an activating group) is 1. The third-order valence-electron chi connectivity index (χ3n) is 7.64. The maximum Gasteiger partial charge on any atom is 0.239 e. The van der Waals surface area contributed by atoms with Gasteiger partial charge < -0.3 is 29.3 Å². The molecule has 2 saturated heterocycles. The quantitative estimate of drug-likeness (QED) is 0.609. The number of rotatable bonds is 2. The van der Waals surface area contributed by atoms with Crippen LogP contribution in [-0.2, 0) is 36.9 Å². The fourth-order valence-corrected chi connectivity index (χ4v) is 5.35. The molecular weight excluding hydrogens is 512 g/mol. The summed E-state index contributed by atoms with van der Waals surface area (Å²) in [6.45, 7) is 4.26. The van der Waals surface area contributed by atoms with Gasteiger partial charge in [0.2, 0.25) is 17.7 Å². The molecule has 3 aliphatic rings. The van der Waals surface area contributed by atoms with Crippen LogP contribution >= 0.6 is 0 Å². The van der Waals surface area contributed by atoms with Crippen LogP contribution in [0.4, 0.5) is 0 Å². The van der Waals surface area contributed by atoms with Gasteiger partial charge in [-0.1, -0.05) is 24.3 Å². The van der Waals surface area contributed by atoms with E-state index < -0.39 is 6.04 Å². The molecule has 10 heteroatoms. The summed E-state index contributed by atoms with van der Waals surface area (Å²) >= 11 is 0. The van der Waals surface area contributed by atoms with Crippen LogP contribution in [0.5, 0.6) is 11.5 Å². The molecule has 4 bridgehead atoms. The molecule has 0 aliphatic carbocycles. The van der Waals surface area contributed by atoms with Crippen molar-refractivity contribution in [1.29, 1.82) is 0 Å². The molecule has 2 aromatic rings. The van der Waals surface area contributed by atoms with E-state index in [9.17, 15) is 14.4 Å². The lowest BCUT2D eigenvalue weighted by Gasteiger charge is -2.40. The smallest absolute Gasteiger partial charge is 0.239 e. The molecular formula is C30H38N4O6. The minimum atomic E-state index is -0.392. The van der Waals surface area contributed by atoms with Gasteiger partial charge in [0.25, 0.3) is 0 Å². The van der Waals surface area contributed by atoms with Crippen molar-refractivity contribution in [2.24, 2.45) is 0 Å². The number of piperidine rings is 1. The molecule has 3 amide bonds. The Morgan fingerprint density at radius 2 is 1.70 bits per heavy atom. The predicted octanol–water partition coefficient (Wildman–Crippen LogP) is 1.82. The largest absolute Gasteiger partial charge is 0.457 e. The second kappa shape index (κ2) is 13.3. The molecule has 5 rings (SSSR count). The number of ether oxygens (including phenoxy) is 3. The van der Waals surface area contributed by atoms with Gasteiger partial charge in [-0.25, -0.2) is 0 Å². The Morgan fingerprint density at radius 1 is 0.975 bits per heavy atom. The maximum absolute atomic E-state index is 13.1. The van der Waals surface area contributed by atoms with Crippen molar-refractivity contribution in [3.8, 4) is 11.5 Å². The Kier molecular flexibility index (Phi) is 9.30. The van der Waals surface area contributed by atoms with Crippen LogP contribution < -0.4 is 10.1 Å². The molecule has 40 heavy (non-hydrogen) atoms. The zero-order valence-electron chi connectivity index (χ0n) is 23.0. The van der Waals surface area contributed by atoms with Gasteiger partial charge in [-0.2, -0.15) is 0 Å². The molecule has 0 aromatic heterocycles. The first kappa shape index (κ1) is 28.1. The number of aryl methyl sites for hydroxylation is 1. The summed E-state index contributed by atoms with van der Waals surface area (Å²) in [4.78, 5) is 44.3. The Balaban J connectivity index is 1.32. The number of benzene rings is 2. The van der Waals surface area contributed by atoms with Crippen LogP contribution in [0, 0.1) is 0 Å². The fourth-order valence-electron chi connectivity index (χ4n) is 5.35. The first-order valence-corrected chi connectivity index (χ1v) is 14.0. The number of carbonyl (C=O) groups excluding carboxylic acids is 3. The zero-order chi connectivity index (χ0) is 27.9. The summed E-state index contributed by atoms with van der Waals surface area (Å²) in [7, 11) is 1.64. The van der Waals surface area contributed by atoms with Gasteiger partial charge in [-0.05, 0) is 48.2 Å². The molecule has 2 fully saturated rings. The number of carbonyl (C=O) groups is 3. The van der Waals surface area contributed by atoms with Crippen LogP contribution in [0.3, 0.4) is 0 Å². The second-order valence-corrected chi connectivity index (χ2v) is 10.7. The first-order valence-electron chi connectivity index (χ1n) is 14.0. The van der Waals surface area contributed by atoms with Crippen molar-refractivity contribution in [2.75, 3.05) is 59.5 Å². The van der Waals surface area contributed by atoms with Crippen LogP contribution in [-0.4, -0.2) is 104 Å². The molecule has 0 saturated carbocycles. The van der Waals surface area contributed by atoms with Crippen molar-refractivity contribution in [3.63, 3.8) is 0 Å². The number of amides is 3. The molecule has 0 unspecified atom stereocenters. The number of hydrogen-bond acceptors (Lipinski definition) is 7. The highest BCUT2D eigenvalue weighted by molar-refractivity contribution is 5.85. The van der Waals surface area contributed by atoms with Crippen molar-refractivity contribution < 1.29 is 28.6 Å². The predicted molar refractivity (Wildman–Crippen MR) is 148 cm³/mol. The highest BCUT2D eigenvalue weighted by Gasteiger charge is 2.34. The molecule has 3 aliphatic heterocycles. The van der Waals surface area contributed by atoms with Crippen molar-refractivity contribution >= 4 is 17.7 Å². The Morgan fingerprint density at radius 3 is 2.48 bits per heavy atom. The number of morpholine rings is 1. The minimum absolute atomic E-state index is 0.0365. The van der Waals surface area contributed by atoms with Crippen molar-refractivity contribution in [2.45, 2.75) is 38.0 Å². The summed E-state index contributed by atoms with van der Waals surface area (Å²) < 4.78 is 17.8. The summed E-state index contributed by atoms with van der Waals surface area (Å²) in [5.74, 6) is 1.05. The molecule has 0 radical (unpaired) electrons. The van der Waals surface area contributed by atoms with Crippen molar-refractivity contribution in [3.05, 3.63) is 59.7 Å². The monoisotopic (exact) mass is 550 g/mol. The lowest BCUT2D eigenvalue weighted by molar-refractivity contribution is -0.140. The number of fused-ring (bicyclic) bond motifs is 5. The SMILES string of the molecule is CN1CC(=O)N[C@H]2CN(C(=O)CN3CCOCC3)CC[C@H]2OCc2cccc(c2)Oc2cccc(c2)CCC1=O. The average molecular weight is 551 g/mol. The van der Waals surface area contributed by atoms with E-state index in [-0.39, 0.29) is 36.8 Å². The third kappa shape index (κ3) is 7.59. The fraction of sp³-hybridized carbons (Fsp3) is 0.500. The molecule has 10 nitrogen and oxygen atoms in total. The molecule has 0 spiro atoms. The summed E-state index contributed by atoms with van der Waals surface area (Å²) in [6, 6.07) is 15.1. The average Bonchev–Trinajstić information content (AvgIpc) is 2.95. The number of likely N-dealkylation sites (tertiary alicyclic amines) is 1. The van der Waals surface area contributed by atoms with E-state index in [1.165, 1.54) is 4.90 Å². The van der Waals surface area contributed by atoms with E-state index in [0.717, 1.165) is 24.2 Å². The Labute approximate surface area is 235 Å². The van der Waals surface area contributed by atoms with E-state index in [0.29, 0.717) is 63.8 Å². The summed E-state index contributed by atoms with van der Waals surface area (Å²) in [6.07, 6.45) is 1.14. The number of nitrogens with one attached hydrogen (secondary N) is 1.